The van der Waals surface area contributed by atoms with E-state index >= 15 is 0 Å². The number of methoxy groups -OCH3 is 1. The van der Waals surface area contributed by atoms with E-state index in [0.29, 0.717) is 5.92 Å². The molecule has 1 unspecified atom stereocenters. The monoisotopic (exact) mass is 555 g/mol. The van der Waals surface area contributed by atoms with E-state index in [1.54, 1.807) is 23.8 Å². The summed E-state index contributed by atoms with van der Waals surface area (Å²) in [5.74, 6) is 1.39. The molecule has 0 spiro atoms. The van der Waals surface area contributed by atoms with E-state index in [-0.39, 0.29) is 0 Å². The van der Waals surface area contributed by atoms with Crippen LogP contribution < -0.4 is 9.64 Å². The van der Waals surface area contributed by atoms with Crippen molar-refractivity contribution in [2.75, 3.05) is 12.0 Å². The second kappa shape index (κ2) is 9.09. The normalized spacial score (nSPS) is 15.3. The molecule has 9 rings (SSSR count). The van der Waals surface area contributed by atoms with Crippen LogP contribution in [0.25, 0.3) is 44.2 Å². The van der Waals surface area contributed by atoms with Crippen molar-refractivity contribution in [3.63, 3.8) is 0 Å². The van der Waals surface area contributed by atoms with Gasteiger partial charge in [-0.1, -0.05) is 60.7 Å². The molecule has 0 N–H and O–H groups in total. The fourth-order valence-corrected chi connectivity index (χ4v) is 8.61. The van der Waals surface area contributed by atoms with E-state index in [9.17, 15) is 0 Å². The van der Waals surface area contributed by atoms with Crippen LogP contribution >= 0.6 is 0 Å². The number of fused-ring (bicyclic) bond motifs is 6. The SMILES string of the molecule is COc1ccc(N(c2ccccc2)c2ccc3c4c(cccc24)-c2c(C)c4c(c(C)c2-3)-c2cccc3c2C4CCC3)cc1. The lowest BCUT2D eigenvalue weighted by Gasteiger charge is -2.27. The molecule has 0 saturated carbocycles. The predicted molar refractivity (Wildman–Crippen MR) is 179 cm³/mol. The molecular weight excluding hydrogens is 522 g/mol. The molecule has 0 fully saturated rings. The summed E-state index contributed by atoms with van der Waals surface area (Å²) in [6, 6.07) is 37.8. The zero-order valence-electron chi connectivity index (χ0n) is 24.9. The number of anilines is 3. The Morgan fingerprint density at radius 3 is 2.16 bits per heavy atom. The molecule has 208 valence electrons. The molecule has 6 aromatic rings. The van der Waals surface area contributed by atoms with Gasteiger partial charge in [0.05, 0.1) is 12.8 Å². The van der Waals surface area contributed by atoms with Crippen LogP contribution in [0.15, 0.2) is 103 Å². The topological polar surface area (TPSA) is 12.5 Å². The molecule has 2 heteroatoms. The van der Waals surface area contributed by atoms with Gasteiger partial charge in [-0.15, -0.1) is 0 Å². The Balaban J connectivity index is 1.31. The second-order valence-electron chi connectivity index (χ2n) is 12.3. The predicted octanol–water partition coefficient (Wildman–Crippen LogP) is 11.0. The van der Waals surface area contributed by atoms with Crippen LogP contribution in [-0.4, -0.2) is 7.11 Å². The Morgan fingerprint density at radius 2 is 1.35 bits per heavy atom. The quantitative estimate of drug-likeness (QED) is 0.214. The molecule has 3 aliphatic rings. The van der Waals surface area contributed by atoms with E-state index in [0.717, 1.165) is 17.1 Å². The minimum absolute atomic E-state index is 0.529. The maximum Gasteiger partial charge on any atom is 0.119 e. The van der Waals surface area contributed by atoms with Gasteiger partial charge in [0, 0.05) is 22.7 Å². The van der Waals surface area contributed by atoms with Crippen LogP contribution in [0.1, 0.15) is 46.6 Å². The summed E-state index contributed by atoms with van der Waals surface area (Å²) in [7, 11) is 1.72. The van der Waals surface area contributed by atoms with E-state index in [1.807, 2.05) is 12.1 Å². The van der Waals surface area contributed by atoms with E-state index < -0.39 is 0 Å². The van der Waals surface area contributed by atoms with Gasteiger partial charge in [-0.3, -0.25) is 0 Å². The summed E-state index contributed by atoms with van der Waals surface area (Å²) >= 11 is 0. The highest BCUT2D eigenvalue weighted by atomic mass is 16.5. The van der Waals surface area contributed by atoms with Crippen LogP contribution in [0.4, 0.5) is 17.1 Å². The summed E-state index contributed by atoms with van der Waals surface area (Å²) in [4.78, 5) is 2.38. The number of benzene rings is 6. The van der Waals surface area contributed by atoms with Gasteiger partial charge in [0.2, 0.25) is 0 Å². The average Bonchev–Trinajstić information content (AvgIpc) is 3.58. The number of aryl methyl sites for hydroxylation is 1. The molecule has 0 saturated heterocycles. The van der Waals surface area contributed by atoms with E-state index in [4.69, 9.17) is 4.74 Å². The van der Waals surface area contributed by atoms with E-state index in [2.05, 4.69) is 110 Å². The van der Waals surface area contributed by atoms with Crippen molar-refractivity contribution in [1.82, 2.24) is 0 Å². The van der Waals surface area contributed by atoms with Crippen molar-refractivity contribution in [3.05, 3.63) is 131 Å². The lowest BCUT2D eigenvalue weighted by Crippen LogP contribution is -2.10. The van der Waals surface area contributed by atoms with Gasteiger partial charge < -0.3 is 9.64 Å². The third kappa shape index (κ3) is 3.29. The van der Waals surface area contributed by atoms with Crippen LogP contribution in [0.2, 0.25) is 0 Å². The third-order valence-corrected chi connectivity index (χ3v) is 10.3. The molecule has 0 aliphatic heterocycles. The first-order valence-corrected chi connectivity index (χ1v) is 15.5. The van der Waals surface area contributed by atoms with Crippen LogP contribution in [-0.2, 0) is 6.42 Å². The summed E-state index contributed by atoms with van der Waals surface area (Å²) in [6.45, 7) is 4.78. The number of hydrogen-bond donors (Lipinski definition) is 0. The summed E-state index contributed by atoms with van der Waals surface area (Å²) in [5.41, 5.74) is 19.7. The molecule has 0 heterocycles. The van der Waals surface area contributed by atoms with Crippen LogP contribution in [0.5, 0.6) is 5.75 Å². The highest BCUT2D eigenvalue weighted by molar-refractivity contribution is 6.21. The van der Waals surface area contributed by atoms with Gasteiger partial charge in [-0.05, 0) is 142 Å². The molecule has 1 atom stereocenters. The van der Waals surface area contributed by atoms with Crippen molar-refractivity contribution in [2.45, 2.75) is 39.0 Å². The fourth-order valence-electron chi connectivity index (χ4n) is 8.61. The third-order valence-electron chi connectivity index (χ3n) is 10.3. The fraction of sp³-hybridized carbons (Fsp3) is 0.171. The molecule has 0 bridgehead atoms. The Kier molecular flexibility index (Phi) is 5.23. The highest BCUT2D eigenvalue weighted by Crippen LogP contribution is 2.60. The number of ether oxygens (including phenoxy) is 1. The Labute approximate surface area is 253 Å². The van der Waals surface area contributed by atoms with Crippen molar-refractivity contribution < 1.29 is 4.74 Å². The number of hydrogen-bond acceptors (Lipinski definition) is 2. The van der Waals surface area contributed by atoms with E-state index in [1.165, 1.54) is 80.2 Å². The second-order valence-corrected chi connectivity index (χ2v) is 12.3. The zero-order chi connectivity index (χ0) is 28.8. The molecule has 43 heavy (non-hydrogen) atoms. The summed E-state index contributed by atoms with van der Waals surface area (Å²) < 4.78 is 5.49. The first-order valence-electron chi connectivity index (χ1n) is 15.5. The molecule has 0 aromatic heterocycles. The molecule has 2 nitrogen and oxygen atoms in total. The Hall–Kier alpha value is -4.82. The van der Waals surface area contributed by atoms with Crippen molar-refractivity contribution in [1.29, 1.82) is 0 Å². The molecule has 3 aliphatic carbocycles. The van der Waals surface area contributed by atoms with Gasteiger partial charge in [0.25, 0.3) is 0 Å². The van der Waals surface area contributed by atoms with Crippen LogP contribution in [0.3, 0.4) is 0 Å². The van der Waals surface area contributed by atoms with Gasteiger partial charge in [-0.25, -0.2) is 0 Å². The van der Waals surface area contributed by atoms with Crippen molar-refractivity contribution >= 4 is 27.8 Å². The molecule has 0 radical (unpaired) electrons. The van der Waals surface area contributed by atoms with Crippen LogP contribution in [0, 0.1) is 13.8 Å². The Bertz CT molecular complexity index is 2110. The average molecular weight is 556 g/mol. The van der Waals surface area contributed by atoms with Gasteiger partial charge in [-0.2, -0.15) is 0 Å². The maximum atomic E-state index is 5.49. The number of para-hydroxylation sites is 1. The van der Waals surface area contributed by atoms with Crippen molar-refractivity contribution in [3.8, 4) is 39.1 Å². The summed E-state index contributed by atoms with van der Waals surface area (Å²) in [6.07, 6.45) is 3.74. The van der Waals surface area contributed by atoms with Gasteiger partial charge in [0.15, 0.2) is 0 Å². The van der Waals surface area contributed by atoms with Gasteiger partial charge in [0.1, 0.15) is 5.75 Å². The zero-order valence-corrected chi connectivity index (χ0v) is 24.9. The Morgan fingerprint density at radius 1 is 0.628 bits per heavy atom. The lowest BCUT2D eigenvalue weighted by molar-refractivity contribution is 0.415. The minimum atomic E-state index is 0.529. The van der Waals surface area contributed by atoms with Crippen molar-refractivity contribution in [2.24, 2.45) is 0 Å². The molecule has 0 amide bonds. The number of nitrogens with zero attached hydrogens (tertiary/aromatic N) is 1. The minimum Gasteiger partial charge on any atom is -0.497 e. The molecule has 6 aromatic carbocycles. The maximum absolute atomic E-state index is 5.49. The largest absolute Gasteiger partial charge is 0.497 e. The first kappa shape index (κ1) is 24.7. The summed E-state index contributed by atoms with van der Waals surface area (Å²) in [5, 5.41) is 2.65. The smallest absolute Gasteiger partial charge is 0.119 e. The standard InChI is InChI=1S/C41H33NO/c1-24-36-31-15-7-10-26-11-8-16-32(40(26)31)37(36)25(2)39-34-22-23-35(30-14-9-17-33(38(24)39)41(30)34)42(27-12-5-4-6-13-27)28-18-20-29(43-3)21-19-28/h4-6,8-9,11-14,16-23,31H,7,10,15H2,1-3H3. The molecular formula is C41H33NO. The first-order chi connectivity index (χ1) is 21.2. The van der Waals surface area contributed by atoms with Gasteiger partial charge >= 0.3 is 0 Å². The lowest BCUT2D eigenvalue weighted by atomic mass is 9.79. The number of rotatable bonds is 4. The highest BCUT2D eigenvalue weighted by Gasteiger charge is 2.39.